The minimum Gasteiger partial charge on any atom is -0.472 e. The maximum absolute atomic E-state index is 10.0. The van der Waals surface area contributed by atoms with Crippen LogP contribution in [0, 0.1) is 0 Å². The number of hydrogen-bond donors (Lipinski definition) is 1. The Morgan fingerprint density at radius 3 is 3.00 bits per heavy atom. The molecule has 0 aliphatic heterocycles. The van der Waals surface area contributed by atoms with E-state index in [1.807, 2.05) is 13.0 Å². The second-order valence-corrected chi connectivity index (χ2v) is 3.53. The van der Waals surface area contributed by atoms with Crippen molar-refractivity contribution in [3.8, 4) is 0 Å². The van der Waals surface area contributed by atoms with Gasteiger partial charge in [-0.15, -0.1) is 0 Å². The van der Waals surface area contributed by atoms with Crippen molar-refractivity contribution in [3.63, 3.8) is 0 Å². The van der Waals surface area contributed by atoms with E-state index in [-0.39, 0.29) is 6.10 Å². The number of ether oxygens (including phenoxy) is 1. The number of aliphatic hydroxyl groups is 1. The van der Waals surface area contributed by atoms with Gasteiger partial charge in [0.25, 0.3) is 0 Å². The highest BCUT2D eigenvalue weighted by atomic mass is 16.5. The Morgan fingerprint density at radius 2 is 2.46 bits per heavy atom. The van der Waals surface area contributed by atoms with E-state index in [1.54, 1.807) is 12.5 Å². The summed E-state index contributed by atoms with van der Waals surface area (Å²) in [4.78, 5) is 0. The molecular formula is C10H14O3. The molecule has 2 rings (SSSR count). The van der Waals surface area contributed by atoms with Crippen molar-refractivity contribution in [2.75, 3.05) is 6.61 Å². The highest BCUT2D eigenvalue weighted by Gasteiger charge is 2.45. The van der Waals surface area contributed by atoms with Crippen LogP contribution in [0.3, 0.4) is 0 Å². The van der Waals surface area contributed by atoms with Crippen LogP contribution in [0.4, 0.5) is 0 Å². The first-order valence-electron chi connectivity index (χ1n) is 4.61. The Bertz CT molecular complexity index is 260. The van der Waals surface area contributed by atoms with E-state index < -0.39 is 5.60 Å². The van der Waals surface area contributed by atoms with E-state index in [9.17, 15) is 5.11 Å². The molecule has 72 valence electrons. The van der Waals surface area contributed by atoms with E-state index >= 15 is 0 Å². The molecule has 1 heterocycles. The Kier molecular flexibility index (Phi) is 2.14. The van der Waals surface area contributed by atoms with Gasteiger partial charge in [0.15, 0.2) is 0 Å². The lowest BCUT2D eigenvalue weighted by molar-refractivity contribution is -0.142. The van der Waals surface area contributed by atoms with Gasteiger partial charge in [-0.05, 0) is 13.0 Å². The van der Waals surface area contributed by atoms with Crippen LogP contribution in [0.5, 0.6) is 0 Å². The van der Waals surface area contributed by atoms with Crippen LogP contribution in [-0.4, -0.2) is 17.8 Å². The Balaban J connectivity index is 1.96. The summed E-state index contributed by atoms with van der Waals surface area (Å²) in [5.41, 5.74) is 0.163. The van der Waals surface area contributed by atoms with Crippen molar-refractivity contribution in [3.05, 3.63) is 24.2 Å². The summed E-state index contributed by atoms with van der Waals surface area (Å²) < 4.78 is 10.3. The summed E-state index contributed by atoms with van der Waals surface area (Å²) >= 11 is 0. The van der Waals surface area contributed by atoms with Gasteiger partial charge in [0.1, 0.15) is 0 Å². The first kappa shape index (κ1) is 8.78. The summed E-state index contributed by atoms with van der Waals surface area (Å²) in [6, 6.07) is 1.81. The van der Waals surface area contributed by atoms with E-state index in [4.69, 9.17) is 9.15 Å². The van der Waals surface area contributed by atoms with Crippen LogP contribution >= 0.6 is 0 Å². The number of rotatable bonds is 3. The topological polar surface area (TPSA) is 42.6 Å². The minimum absolute atomic E-state index is 0.213. The molecule has 1 N–H and O–H groups in total. The van der Waals surface area contributed by atoms with Crippen molar-refractivity contribution in [2.45, 2.75) is 31.5 Å². The molecule has 0 aromatic carbocycles. The van der Waals surface area contributed by atoms with Crippen molar-refractivity contribution >= 4 is 0 Å². The zero-order valence-electron chi connectivity index (χ0n) is 7.69. The molecule has 1 aliphatic carbocycles. The van der Waals surface area contributed by atoms with Gasteiger partial charge in [-0.3, -0.25) is 0 Å². The average molecular weight is 182 g/mol. The molecule has 0 amide bonds. The number of hydrogen-bond acceptors (Lipinski definition) is 3. The Labute approximate surface area is 77.3 Å². The average Bonchev–Trinajstić information content (AvgIpc) is 2.53. The van der Waals surface area contributed by atoms with Crippen molar-refractivity contribution in [1.82, 2.24) is 0 Å². The lowest BCUT2D eigenvalue weighted by atomic mass is 9.74. The summed E-state index contributed by atoms with van der Waals surface area (Å²) in [5.74, 6) is 0. The van der Waals surface area contributed by atoms with Crippen LogP contribution < -0.4 is 0 Å². The zero-order valence-corrected chi connectivity index (χ0v) is 7.69. The third kappa shape index (κ3) is 1.49. The monoisotopic (exact) mass is 182 g/mol. The van der Waals surface area contributed by atoms with Gasteiger partial charge in [-0.1, -0.05) is 0 Å². The maximum atomic E-state index is 10.0. The standard InChI is InChI=1S/C10H14O3/c1-2-13-9-5-10(11,6-9)8-3-4-12-7-8/h3-4,7,9,11H,2,5-6H2,1H3. The fraction of sp³-hybridized carbons (Fsp3) is 0.600. The van der Waals surface area contributed by atoms with E-state index in [2.05, 4.69) is 0 Å². The van der Waals surface area contributed by atoms with Gasteiger partial charge >= 0.3 is 0 Å². The van der Waals surface area contributed by atoms with Crippen molar-refractivity contribution in [2.24, 2.45) is 0 Å². The summed E-state index contributed by atoms with van der Waals surface area (Å²) in [6.07, 6.45) is 4.76. The molecule has 0 saturated heterocycles. The molecule has 1 saturated carbocycles. The predicted molar refractivity (Wildman–Crippen MR) is 47.3 cm³/mol. The molecule has 1 aromatic heterocycles. The fourth-order valence-electron chi connectivity index (χ4n) is 1.81. The van der Waals surface area contributed by atoms with Gasteiger partial charge in [0.2, 0.25) is 0 Å². The fourth-order valence-corrected chi connectivity index (χ4v) is 1.81. The molecule has 3 nitrogen and oxygen atoms in total. The van der Waals surface area contributed by atoms with Gasteiger partial charge < -0.3 is 14.3 Å². The van der Waals surface area contributed by atoms with Gasteiger partial charge in [-0.25, -0.2) is 0 Å². The third-order valence-electron chi connectivity index (χ3n) is 2.59. The Morgan fingerprint density at radius 1 is 1.69 bits per heavy atom. The number of furan rings is 1. The Hall–Kier alpha value is -0.800. The maximum Gasteiger partial charge on any atom is 0.0976 e. The quantitative estimate of drug-likeness (QED) is 0.773. The molecule has 3 heteroatoms. The summed E-state index contributed by atoms with van der Waals surface area (Å²) in [5, 5.41) is 10.0. The molecule has 1 fully saturated rings. The first-order chi connectivity index (χ1) is 6.24. The molecular weight excluding hydrogens is 168 g/mol. The normalized spacial score (nSPS) is 32.9. The summed E-state index contributed by atoms with van der Waals surface area (Å²) in [6.45, 7) is 2.68. The van der Waals surface area contributed by atoms with Crippen LogP contribution in [-0.2, 0) is 10.3 Å². The van der Waals surface area contributed by atoms with E-state index in [0.717, 1.165) is 5.56 Å². The lowest BCUT2D eigenvalue weighted by Gasteiger charge is -2.42. The molecule has 0 bridgehead atoms. The van der Waals surface area contributed by atoms with Gasteiger partial charge in [0, 0.05) is 25.0 Å². The smallest absolute Gasteiger partial charge is 0.0976 e. The molecule has 0 radical (unpaired) electrons. The van der Waals surface area contributed by atoms with Crippen LogP contribution in [0.1, 0.15) is 25.3 Å². The van der Waals surface area contributed by atoms with Gasteiger partial charge in [0.05, 0.1) is 24.2 Å². The molecule has 0 atom stereocenters. The predicted octanol–water partition coefficient (Wildman–Crippen LogP) is 1.67. The zero-order chi connectivity index (χ0) is 9.31. The SMILES string of the molecule is CCOC1CC(O)(c2ccoc2)C1. The van der Waals surface area contributed by atoms with Gasteiger partial charge in [-0.2, -0.15) is 0 Å². The largest absolute Gasteiger partial charge is 0.472 e. The van der Waals surface area contributed by atoms with Crippen LogP contribution in [0.25, 0.3) is 0 Å². The highest BCUT2D eigenvalue weighted by molar-refractivity contribution is 5.20. The summed E-state index contributed by atoms with van der Waals surface area (Å²) in [7, 11) is 0. The second kappa shape index (κ2) is 3.16. The first-order valence-corrected chi connectivity index (χ1v) is 4.61. The van der Waals surface area contributed by atoms with E-state index in [1.165, 1.54) is 0 Å². The minimum atomic E-state index is -0.702. The molecule has 0 unspecified atom stereocenters. The highest BCUT2D eigenvalue weighted by Crippen LogP contribution is 2.42. The van der Waals surface area contributed by atoms with Crippen molar-refractivity contribution < 1.29 is 14.3 Å². The molecule has 13 heavy (non-hydrogen) atoms. The second-order valence-electron chi connectivity index (χ2n) is 3.53. The molecule has 1 aliphatic rings. The van der Waals surface area contributed by atoms with Crippen molar-refractivity contribution in [1.29, 1.82) is 0 Å². The van der Waals surface area contributed by atoms with Crippen LogP contribution in [0.2, 0.25) is 0 Å². The van der Waals surface area contributed by atoms with E-state index in [0.29, 0.717) is 19.4 Å². The molecule has 1 aromatic rings. The lowest BCUT2D eigenvalue weighted by Crippen LogP contribution is -2.45. The third-order valence-corrected chi connectivity index (χ3v) is 2.59. The molecule has 0 spiro atoms. The van der Waals surface area contributed by atoms with Crippen LogP contribution in [0.15, 0.2) is 23.0 Å².